The SMILES string of the molecule is CCOC(=O)C1=C(C)N=c2sc(=Cc3ccc(C)o3)c(=O)n2C1c1ccc(Cl)cc1. The number of allylic oxidation sites excluding steroid dienone is 1. The van der Waals surface area contributed by atoms with Crippen molar-refractivity contribution in [2.75, 3.05) is 6.61 Å². The van der Waals surface area contributed by atoms with Gasteiger partial charge in [-0.05, 0) is 50.6 Å². The summed E-state index contributed by atoms with van der Waals surface area (Å²) in [7, 11) is 0. The van der Waals surface area contributed by atoms with Crippen molar-refractivity contribution in [1.82, 2.24) is 4.57 Å². The smallest absolute Gasteiger partial charge is 0.338 e. The van der Waals surface area contributed by atoms with Crippen LogP contribution in [0.1, 0.15) is 37.0 Å². The average Bonchev–Trinajstić information content (AvgIpc) is 3.24. The highest BCUT2D eigenvalue weighted by Crippen LogP contribution is 2.31. The van der Waals surface area contributed by atoms with Gasteiger partial charge < -0.3 is 9.15 Å². The molecule has 1 aliphatic heterocycles. The number of fused-ring (bicyclic) bond motifs is 1. The molecular weight excluding hydrogens is 424 g/mol. The summed E-state index contributed by atoms with van der Waals surface area (Å²) in [6.07, 6.45) is 1.69. The number of aryl methyl sites for hydroxylation is 1. The number of halogens is 1. The lowest BCUT2D eigenvalue weighted by molar-refractivity contribution is -0.139. The number of esters is 1. The monoisotopic (exact) mass is 442 g/mol. The first-order valence-corrected chi connectivity index (χ1v) is 10.6. The normalized spacial score (nSPS) is 16.4. The zero-order valence-corrected chi connectivity index (χ0v) is 18.2. The van der Waals surface area contributed by atoms with Crippen LogP contribution in [0.5, 0.6) is 0 Å². The summed E-state index contributed by atoms with van der Waals surface area (Å²) in [5.74, 6) is 0.852. The maximum atomic E-state index is 13.3. The van der Waals surface area contributed by atoms with Gasteiger partial charge in [0.15, 0.2) is 4.80 Å². The fourth-order valence-electron chi connectivity index (χ4n) is 3.41. The van der Waals surface area contributed by atoms with Gasteiger partial charge >= 0.3 is 5.97 Å². The van der Waals surface area contributed by atoms with Crippen LogP contribution in [0, 0.1) is 6.92 Å². The highest BCUT2D eigenvalue weighted by atomic mass is 35.5. The molecule has 2 aromatic heterocycles. The van der Waals surface area contributed by atoms with Crippen LogP contribution in [0.15, 0.2) is 61.9 Å². The van der Waals surface area contributed by atoms with Crippen molar-refractivity contribution in [3.8, 4) is 0 Å². The third-order valence-electron chi connectivity index (χ3n) is 4.74. The highest BCUT2D eigenvalue weighted by molar-refractivity contribution is 7.07. The number of ether oxygens (including phenoxy) is 1. The van der Waals surface area contributed by atoms with Crippen molar-refractivity contribution >= 4 is 35.0 Å². The third-order valence-corrected chi connectivity index (χ3v) is 5.97. The lowest BCUT2D eigenvalue weighted by Crippen LogP contribution is -2.39. The van der Waals surface area contributed by atoms with E-state index in [0.29, 0.717) is 31.4 Å². The van der Waals surface area contributed by atoms with Gasteiger partial charge in [-0.1, -0.05) is 35.1 Å². The predicted octanol–water partition coefficient (Wildman–Crippen LogP) is 3.35. The van der Waals surface area contributed by atoms with Gasteiger partial charge in [-0.3, -0.25) is 9.36 Å². The van der Waals surface area contributed by atoms with Crippen molar-refractivity contribution in [3.63, 3.8) is 0 Å². The fraction of sp³-hybridized carbons (Fsp3) is 0.227. The van der Waals surface area contributed by atoms with E-state index in [1.54, 1.807) is 50.3 Å². The molecule has 0 radical (unpaired) electrons. The summed E-state index contributed by atoms with van der Waals surface area (Å²) in [5, 5.41) is 0.567. The van der Waals surface area contributed by atoms with Crippen LogP contribution >= 0.6 is 22.9 Å². The molecule has 0 saturated carbocycles. The van der Waals surface area contributed by atoms with E-state index in [4.69, 9.17) is 20.8 Å². The Morgan fingerprint density at radius 3 is 2.63 bits per heavy atom. The summed E-state index contributed by atoms with van der Waals surface area (Å²) in [5.41, 5.74) is 1.36. The van der Waals surface area contributed by atoms with Gasteiger partial charge in [-0.2, -0.15) is 0 Å². The fourth-order valence-corrected chi connectivity index (χ4v) is 4.56. The van der Waals surface area contributed by atoms with Gasteiger partial charge in [0.05, 0.1) is 28.5 Å². The van der Waals surface area contributed by atoms with E-state index in [9.17, 15) is 9.59 Å². The Morgan fingerprint density at radius 2 is 2.00 bits per heavy atom. The molecule has 1 unspecified atom stereocenters. The molecule has 30 heavy (non-hydrogen) atoms. The van der Waals surface area contributed by atoms with Gasteiger partial charge in [0, 0.05) is 11.1 Å². The molecule has 0 saturated heterocycles. The van der Waals surface area contributed by atoms with E-state index >= 15 is 0 Å². The summed E-state index contributed by atoms with van der Waals surface area (Å²) in [6.45, 7) is 5.56. The standard InChI is InChI=1S/C22H19ClN2O4S/c1-4-28-21(27)18-13(3)24-22-25(19(18)14-6-8-15(23)9-7-14)20(26)17(30-22)11-16-10-5-12(2)29-16/h5-11,19H,4H2,1-3H3. The Kier molecular flexibility index (Phi) is 5.49. The van der Waals surface area contributed by atoms with Crippen molar-refractivity contribution in [3.05, 3.63) is 89.5 Å². The Hall–Kier alpha value is -2.90. The molecule has 8 heteroatoms. The van der Waals surface area contributed by atoms with Gasteiger partial charge in [0.25, 0.3) is 5.56 Å². The second-order valence-electron chi connectivity index (χ2n) is 6.80. The summed E-state index contributed by atoms with van der Waals surface area (Å²) in [4.78, 5) is 31.2. The minimum atomic E-state index is -0.655. The van der Waals surface area contributed by atoms with Gasteiger partial charge in [-0.25, -0.2) is 9.79 Å². The Labute approximate surface area is 181 Å². The number of rotatable bonds is 4. The quantitative estimate of drug-likeness (QED) is 0.581. The van der Waals surface area contributed by atoms with E-state index in [0.717, 1.165) is 11.3 Å². The van der Waals surface area contributed by atoms with Crippen LogP contribution in [-0.4, -0.2) is 17.1 Å². The maximum absolute atomic E-state index is 13.3. The molecule has 154 valence electrons. The van der Waals surface area contributed by atoms with E-state index < -0.39 is 12.0 Å². The number of nitrogens with zero attached hydrogens (tertiary/aromatic N) is 2. The molecule has 6 nitrogen and oxygen atoms in total. The van der Waals surface area contributed by atoms with Gasteiger partial charge in [0.2, 0.25) is 0 Å². The van der Waals surface area contributed by atoms with Crippen LogP contribution in [0.4, 0.5) is 0 Å². The molecule has 1 aliphatic rings. The number of carbonyl (C=O) groups excluding carboxylic acids is 1. The van der Waals surface area contributed by atoms with Crippen molar-refractivity contribution in [2.24, 2.45) is 4.99 Å². The molecule has 3 heterocycles. The minimum Gasteiger partial charge on any atom is -0.463 e. The number of carbonyl (C=O) groups is 1. The lowest BCUT2D eigenvalue weighted by atomic mass is 9.96. The second kappa shape index (κ2) is 8.08. The van der Waals surface area contributed by atoms with Gasteiger partial charge in [-0.15, -0.1) is 0 Å². The molecule has 0 bridgehead atoms. The molecule has 1 aromatic carbocycles. The Balaban J connectivity index is 1.96. The molecule has 0 N–H and O–H groups in total. The summed E-state index contributed by atoms with van der Waals surface area (Å²) >= 11 is 7.31. The molecule has 0 fully saturated rings. The van der Waals surface area contributed by atoms with Crippen LogP contribution in [0.3, 0.4) is 0 Å². The Morgan fingerprint density at radius 1 is 1.27 bits per heavy atom. The van der Waals surface area contributed by atoms with Gasteiger partial charge in [0.1, 0.15) is 11.5 Å². The van der Waals surface area contributed by atoms with E-state index in [-0.39, 0.29) is 12.2 Å². The second-order valence-corrected chi connectivity index (χ2v) is 8.25. The molecular formula is C22H19ClN2O4S. The molecule has 4 rings (SSSR count). The molecule has 0 aliphatic carbocycles. The Bertz CT molecular complexity index is 1330. The number of aromatic nitrogens is 1. The predicted molar refractivity (Wildman–Crippen MR) is 115 cm³/mol. The van der Waals surface area contributed by atoms with E-state index in [1.807, 2.05) is 13.0 Å². The molecule has 0 spiro atoms. The number of furan rings is 1. The van der Waals surface area contributed by atoms with Crippen LogP contribution < -0.4 is 14.9 Å². The zero-order valence-electron chi connectivity index (χ0n) is 16.6. The lowest BCUT2D eigenvalue weighted by Gasteiger charge is -2.24. The number of hydrogen-bond acceptors (Lipinski definition) is 6. The topological polar surface area (TPSA) is 73.8 Å². The average molecular weight is 443 g/mol. The largest absolute Gasteiger partial charge is 0.463 e. The molecule has 3 aromatic rings. The maximum Gasteiger partial charge on any atom is 0.338 e. The first-order valence-electron chi connectivity index (χ1n) is 9.40. The first kappa shape index (κ1) is 20.4. The van der Waals surface area contributed by atoms with Crippen molar-refractivity contribution in [2.45, 2.75) is 26.8 Å². The number of thiazole rings is 1. The summed E-state index contributed by atoms with van der Waals surface area (Å²) in [6, 6.07) is 10.1. The van der Waals surface area contributed by atoms with E-state index in [1.165, 1.54) is 15.9 Å². The summed E-state index contributed by atoms with van der Waals surface area (Å²) < 4.78 is 12.9. The molecule has 0 amide bonds. The zero-order chi connectivity index (χ0) is 21.4. The van der Waals surface area contributed by atoms with Crippen molar-refractivity contribution in [1.29, 1.82) is 0 Å². The van der Waals surface area contributed by atoms with Crippen LogP contribution in [-0.2, 0) is 9.53 Å². The van der Waals surface area contributed by atoms with Crippen LogP contribution in [0.2, 0.25) is 5.02 Å². The minimum absolute atomic E-state index is 0.227. The van der Waals surface area contributed by atoms with Crippen LogP contribution in [0.25, 0.3) is 6.08 Å². The highest BCUT2D eigenvalue weighted by Gasteiger charge is 2.33. The molecule has 1 atom stereocenters. The first-order chi connectivity index (χ1) is 14.4. The number of hydrogen-bond donors (Lipinski definition) is 0. The third kappa shape index (κ3) is 3.66. The number of benzene rings is 1. The van der Waals surface area contributed by atoms with E-state index in [2.05, 4.69) is 4.99 Å². The van der Waals surface area contributed by atoms with Crippen molar-refractivity contribution < 1.29 is 13.9 Å².